The van der Waals surface area contributed by atoms with Crippen molar-refractivity contribution in [3.05, 3.63) is 48.0 Å². The molecule has 1 saturated heterocycles. The van der Waals surface area contributed by atoms with Crippen LogP contribution in [0.25, 0.3) is 0 Å². The lowest BCUT2D eigenvalue weighted by Crippen LogP contribution is -2.44. The van der Waals surface area contributed by atoms with Gasteiger partial charge in [0.25, 0.3) is 0 Å². The Kier molecular flexibility index (Phi) is 4.50. The zero-order valence-electron chi connectivity index (χ0n) is 13.5. The number of urea groups is 1. The van der Waals surface area contributed by atoms with Crippen molar-refractivity contribution < 1.29 is 9.21 Å². The zero-order chi connectivity index (χ0) is 16.2. The van der Waals surface area contributed by atoms with Crippen LogP contribution in [0, 0.1) is 6.92 Å². The summed E-state index contributed by atoms with van der Waals surface area (Å²) in [6, 6.07) is 7.88. The third-order valence-electron chi connectivity index (χ3n) is 4.21. The van der Waals surface area contributed by atoms with Crippen molar-refractivity contribution in [1.29, 1.82) is 0 Å². The van der Waals surface area contributed by atoms with Crippen molar-refractivity contribution in [2.24, 2.45) is 0 Å². The number of nitrogens with one attached hydrogen (secondary N) is 1. The summed E-state index contributed by atoms with van der Waals surface area (Å²) in [4.78, 5) is 20.6. The highest BCUT2D eigenvalue weighted by atomic mass is 16.3. The van der Waals surface area contributed by atoms with Gasteiger partial charge in [-0.05, 0) is 31.5 Å². The fourth-order valence-electron chi connectivity index (χ4n) is 2.81. The van der Waals surface area contributed by atoms with Gasteiger partial charge in [0.15, 0.2) is 0 Å². The smallest absolute Gasteiger partial charge is 0.317 e. The molecule has 6 nitrogen and oxygen atoms in total. The van der Waals surface area contributed by atoms with E-state index >= 15 is 0 Å². The first-order valence-electron chi connectivity index (χ1n) is 7.84. The van der Waals surface area contributed by atoms with Crippen LogP contribution in [-0.2, 0) is 6.54 Å². The van der Waals surface area contributed by atoms with Crippen LogP contribution in [-0.4, -0.2) is 42.1 Å². The van der Waals surface area contributed by atoms with Crippen LogP contribution in [0.2, 0.25) is 0 Å². The SMILES string of the molecule is Cc1occc1CN(C)C(=O)N[C@H]1CCN(c2ccccn2)C1. The maximum Gasteiger partial charge on any atom is 0.317 e. The minimum atomic E-state index is -0.0570. The molecule has 1 N–H and O–H groups in total. The molecule has 0 aromatic carbocycles. The molecule has 1 aliphatic heterocycles. The number of hydrogen-bond donors (Lipinski definition) is 1. The van der Waals surface area contributed by atoms with E-state index in [0.29, 0.717) is 6.54 Å². The number of furan rings is 1. The quantitative estimate of drug-likeness (QED) is 0.941. The van der Waals surface area contributed by atoms with Crippen LogP contribution in [0.3, 0.4) is 0 Å². The normalized spacial score (nSPS) is 17.3. The molecule has 6 heteroatoms. The van der Waals surface area contributed by atoms with E-state index in [0.717, 1.165) is 36.7 Å². The summed E-state index contributed by atoms with van der Waals surface area (Å²) in [5.41, 5.74) is 1.03. The van der Waals surface area contributed by atoms with Gasteiger partial charge in [0.2, 0.25) is 0 Å². The minimum Gasteiger partial charge on any atom is -0.469 e. The number of aromatic nitrogens is 1. The molecule has 1 aliphatic rings. The molecule has 23 heavy (non-hydrogen) atoms. The van der Waals surface area contributed by atoms with Crippen molar-refractivity contribution in [3.63, 3.8) is 0 Å². The van der Waals surface area contributed by atoms with E-state index in [2.05, 4.69) is 15.2 Å². The van der Waals surface area contributed by atoms with E-state index < -0.39 is 0 Å². The van der Waals surface area contributed by atoms with E-state index in [-0.39, 0.29) is 12.1 Å². The summed E-state index contributed by atoms with van der Waals surface area (Å²) in [5, 5.41) is 3.10. The first-order chi connectivity index (χ1) is 11.1. The Morgan fingerprint density at radius 3 is 3.04 bits per heavy atom. The number of carbonyl (C=O) groups excluding carboxylic acids is 1. The Hall–Kier alpha value is -2.50. The van der Waals surface area contributed by atoms with Crippen LogP contribution in [0.15, 0.2) is 41.1 Å². The van der Waals surface area contributed by atoms with E-state index in [1.807, 2.05) is 31.2 Å². The standard InChI is InChI=1S/C17H22N4O2/c1-13-14(7-10-23-13)11-20(2)17(22)19-15-6-9-21(12-15)16-5-3-4-8-18-16/h3-5,7-8,10,15H,6,9,11-12H2,1-2H3,(H,19,22)/t15-/m0/s1. The fraction of sp³-hybridized carbons (Fsp3) is 0.412. The number of hydrogen-bond acceptors (Lipinski definition) is 4. The third kappa shape index (κ3) is 3.64. The summed E-state index contributed by atoms with van der Waals surface area (Å²) in [5.74, 6) is 1.82. The molecule has 0 aliphatic carbocycles. The van der Waals surface area contributed by atoms with Gasteiger partial charge in [-0.3, -0.25) is 0 Å². The molecule has 1 fully saturated rings. The maximum atomic E-state index is 12.3. The lowest BCUT2D eigenvalue weighted by Gasteiger charge is -2.21. The number of pyridine rings is 1. The van der Waals surface area contributed by atoms with Crippen molar-refractivity contribution in [3.8, 4) is 0 Å². The number of aryl methyl sites for hydroxylation is 1. The van der Waals surface area contributed by atoms with Gasteiger partial charge in [-0.2, -0.15) is 0 Å². The van der Waals surface area contributed by atoms with Crippen molar-refractivity contribution in [2.45, 2.75) is 25.9 Å². The molecule has 3 rings (SSSR count). The highest BCUT2D eigenvalue weighted by Gasteiger charge is 2.25. The molecule has 0 saturated carbocycles. The van der Waals surface area contributed by atoms with Crippen molar-refractivity contribution in [2.75, 3.05) is 25.0 Å². The number of anilines is 1. The topological polar surface area (TPSA) is 61.6 Å². The summed E-state index contributed by atoms with van der Waals surface area (Å²) in [7, 11) is 1.80. The Bertz CT molecular complexity index is 656. The molecule has 122 valence electrons. The number of carbonyl (C=O) groups is 1. The second kappa shape index (κ2) is 6.73. The second-order valence-corrected chi connectivity index (χ2v) is 5.93. The summed E-state index contributed by atoms with van der Waals surface area (Å²) in [6.07, 6.45) is 4.38. The lowest BCUT2D eigenvalue weighted by molar-refractivity contribution is 0.203. The number of nitrogens with zero attached hydrogens (tertiary/aromatic N) is 3. The second-order valence-electron chi connectivity index (χ2n) is 5.93. The van der Waals surface area contributed by atoms with Gasteiger partial charge in [0.1, 0.15) is 11.6 Å². The van der Waals surface area contributed by atoms with Gasteiger partial charge < -0.3 is 19.5 Å². The van der Waals surface area contributed by atoms with Crippen LogP contribution in [0.4, 0.5) is 10.6 Å². The van der Waals surface area contributed by atoms with Crippen molar-refractivity contribution >= 4 is 11.8 Å². The number of amides is 2. The van der Waals surface area contributed by atoms with Gasteiger partial charge in [-0.1, -0.05) is 6.07 Å². The number of rotatable bonds is 4. The molecule has 2 amide bonds. The highest BCUT2D eigenvalue weighted by molar-refractivity contribution is 5.74. The van der Waals surface area contributed by atoms with Crippen LogP contribution in [0.1, 0.15) is 17.7 Å². The fourth-order valence-corrected chi connectivity index (χ4v) is 2.81. The molecule has 0 radical (unpaired) electrons. The van der Waals surface area contributed by atoms with Crippen LogP contribution >= 0.6 is 0 Å². The Morgan fingerprint density at radius 1 is 1.48 bits per heavy atom. The Labute approximate surface area is 136 Å². The lowest BCUT2D eigenvalue weighted by atomic mass is 10.2. The van der Waals surface area contributed by atoms with Gasteiger partial charge in [-0.15, -0.1) is 0 Å². The van der Waals surface area contributed by atoms with E-state index in [1.165, 1.54) is 0 Å². The minimum absolute atomic E-state index is 0.0570. The molecule has 3 heterocycles. The maximum absolute atomic E-state index is 12.3. The average molecular weight is 314 g/mol. The van der Waals surface area contributed by atoms with Gasteiger partial charge in [0, 0.05) is 37.9 Å². The van der Waals surface area contributed by atoms with E-state index in [4.69, 9.17) is 4.42 Å². The first-order valence-corrected chi connectivity index (χ1v) is 7.84. The predicted molar refractivity (Wildman–Crippen MR) is 88.3 cm³/mol. The molecule has 0 spiro atoms. The van der Waals surface area contributed by atoms with Gasteiger partial charge >= 0.3 is 6.03 Å². The summed E-state index contributed by atoms with van der Waals surface area (Å²) < 4.78 is 5.27. The van der Waals surface area contributed by atoms with Gasteiger partial charge in [-0.25, -0.2) is 9.78 Å². The first kappa shape index (κ1) is 15.4. The highest BCUT2D eigenvalue weighted by Crippen LogP contribution is 2.17. The predicted octanol–water partition coefficient (Wildman–Crippen LogP) is 2.40. The molecular formula is C17H22N4O2. The molecule has 1 atom stereocenters. The zero-order valence-corrected chi connectivity index (χ0v) is 13.5. The monoisotopic (exact) mass is 314 g/mol. The molecule has 0 bridgehead atoms. The average Bonchev–Trinajstić information content (AvgIpc) is 3.18. The third-order valence-corrected chi connectivity index (χ3v) is 4.21. The van der Waals surface area contributed by atoms with E-state index in [9.17, 15) is 4.79 Å². The van der Waals surface area contributed by atoms with Crippen LogP contribution < -0.4 is 10.2 Å². The van der Waals surface area contributed by atoms with Crippen molar-refractivity contribution in [1.82, 2.24) is 15.2 Å². The summed E-state index contributed by atoms with van der Waals surface area (Å²) >= 11 is 0. The molecule has 0 unspecified atom stereocenters. The summed E-state index contributed by atoms with van der Waals surface area (Å²) in [6.45, 7) is 4.15. The molecule has 2 aromatic heterocycles. The van der Waals surface area contributed by atoms with Crippen LogP contribution in [0.5, 0.6) is 0 Å². The molecular weight excluding hydrogens is 292 g/mol. The Balaban J connectivity index is 1.51. The molecule has 2 aromatic rings. The van der Waals surface area contributed by atoms with E-state index in [1.54, 1.807) is 24.4 Å². The largest absolute Gasteiger partial charge is 0.469 e. The van der Waals surface area contributed by atoms with Gasteiger partial charge in [0.05, 0.1) is 12.8 Å². The Morgan fingerprint density at radius 2 is 2.35 bits per heavy atom.